The molecule has 0 aromatic heterocycles. The summed E-state index contributed by atoms with van der Waals surface area (Å²) in [7, 11) is -3.47. The zero-order valence-electron chi connectivity index (χ0n) is 11.6. The predicted octanol–water partition coefficient (Wildman–Crippen LogP) is 0.349. The van der Waals surface area contributed by atoms with Crippen molar-refractivity contribution >= 4 is 16.0 Å². The molecule has 2 heterocycles. The van der Waals surface area contributed by atoms with Gasteiger partial charge in [-0.3, -0.25) is 9.69 Å². The van der Waals surface area contributed by atoms with Crippen LogP contribution in [0.4, 0.5) is 0 Å². The standard InChI is InChI=1S/C13H22N2O4S/c16-13(17)11-4-1-5-12(11)20(18,19)15-8-7-14-6-2-3-10(14)9-15/h10-12H,1-9H2,(H,16,17). The summed E-state index contributed by atoms with van der Waals surface area (Å²) in [6.07, 6.45) is 3.87. The third-order valence-electron chi connectivity index (χ3n) is 5.06. The minimum atomic E-state index is -3.47. The Hall–Kier alpha value is -0.660. The lowest BCUT2D eigenvalue weighted by Crippen LogP contribution is -2.54. The van der Waals surface area contributed by atoms with Crippen molar-refractivity contribution in [2.45, 2.75) is 43.4 Å². The Kier molecular flexibility index (Phi) is 3.77. The number of rotatable bonds is 3. The van der Waals surface area contributed by atoms with E-state index in [1.165, 1.54) is 0 Å². The van der Waals surface area contributed by atoms with Gasteiger partial charge in [-0.15, -0.1) is 0 Å². The summed E-state index contributed by atoms with van der Waals surface area (Å²) in [5.41, 5.74) is 0. The van der Waals surface area contributed by atoms with Gasteiger partial charge in [-0.05, 0) is 32.2 Å². The first-order valence-electron chi connectivity index (χ1n) is 7.46. The molecule has 0 bridgehead atoms. The molecule has 2 aliphatic heterocycles. The normalized spacial score (nSPS) is 36.1. The van der Waals surface area contributed by atoms with E-state index in [1.54, 1.807) is 4.31 Å². The van der Waals surface area contributed by atoms with E-state index in [0.29, 0.717) is 38.4 Å². The van der Waals surface area contributed by atoms with Gasteiger partial charge in [-0.25, -0.2) is 8.42 Å². The maximum atomic E-state index is 12.7. The molecule has 0 spiro atoms. The molecule has 1 aliphatic carbocycles. The minimum absolute atomic E-state index is 0.336. The molecule has 20 heavy (non-hydrogen) atoms. The fourth-order valence-corrected chi connectivity index (χ4v) is 6.18. The van der Waals surface area contributed by atoms with Crippen LogP contribution in [0.2, 0.25) is 0 Å². The van der Waals surface area contributed by atoms with Crippen LogP contribution in [0, 0.1) is 5.92 Å². The second-order valence-corrected chi connectivity index (χ2v) is 8.30. The van der Waals surface area contributed by atoms with Crippen molar-refractivity contribution in [3.63, 3.8) is 0 Å². The van der Waals surface area contributed by atoms with Crippen LogP contribution in [0.5, 0.6) is 0 Å². The number of aliphatic carboxylic acids is 1. The summed E-state index contributed by atoms with van der Waals surface area (Å²) in [6.45, 7) is 2.92. The molecule has 0 aromatic rings. The first-order chi connectivity index (χ1) is 9.50. The molecular weight excluding hydrogens is 280 g/mol. The quantitative estimate of drug-likeness (QED) is 0.814. The Balaban J connectivity index is 1.76. The number of carbonyl (C=O) groups is 1. The van der Waals surface area contributed by atoms with Gasteiger partial charge in [0.25, 0.3) is 0 Å². The van der Waals surface area contributed by atoms with Gasteiger partial charge in [-0.1, -0.05) is 6.42 Å². The first-order valence-corrected chi connectivity index (χ1v) is 8.96. The Labute approximate surface area is 119 Å². The summed E-state index contributed by atoms with van der Waals surface area (Å²) < 4.78 is 27.0. The van der Waals surface area contributed by atoms with E-state index in [2.05, 4.69) is 4.90 Å². The van der Waals surface area contributed by atoms with Crippen LogP contribution < -0.4 is 0 Å². The van der Waals surface area contributed by atoms with Gasteiger partial charge in [0, 0.05) is 25.7 Å². The molecule has 3 atom stereocenters. The summed E-state index contributed by atoms with van der Waals surface area (Å²) >= 11 is 0. The van der Waals surface area contributed by atoms with Gasteiger partial charge in [0.1, 0.15) is 0 Å². The van der Waals surface area contributed by atoms with Crippen LogP contribution in [0.3, 0.4) is 0 Å². The highest BCUT2D eigenvalue weighted by atomic mass is 32.2. The molecule has 3 fully saturated rings. The molecule has 3 rings (SSSR count). The molecule has 114 valence electrons. The highest BCUT2D eigenvalue weighted by Crippen LogP contribution is 2.34. The Morgan fingerprint density at radius 2 is 1.85 bits per heavy atom. The van der Waals surface area contributed by atoms with Crippen molar-refractivity contribution in [1.82, 2.24) is 9.21 Å². The zero-order chi connectivity index (χ0) is 14.3. The Morgan fingerprint density at radius 3 is 2.60 bits per heavy atom. The van der Waals surface area contributed by atoms with Crippen molar-refractivity contribution < 1.29 is 18.3 Å². The van der Waals surface area contributed by atoms with Crippen LogP contribution in [-0.2, 0) is 14.8 Å². The van der Waals surface area contributed by atoms with Crippen molar-refractivity contribution in [2.24, 2.45) is 5.92 Å². The number of carboxylic acid groups (broad SMARTS) is 1. The number of hydrogen-bond acceptors (Lipinski definition) is 4. The molecule has 0 aromatic carbocycles. The number of nitrogens with zero attached hydrogens (tertiary/aromatic N) is 2. The van der Waals surface area contributed by atoms with Crippen LogP contribution in [0.1, 0.15) is 32.1 Å². The Morgan fingerprint density at radius 1 is 1.05 bits per heavy atom. The van der Waals surface area contributed by atoms with Crippen molar-refractivity contribution in [3.05, 3.63) is 0 Å². The van der Waals surface area contributed by atoms with Crippen LogP contribution in [0.15, 0.2) is 0 Å². The molecule has 1 saturated carbocycles. The van der Waals surface area contributed by atoms with Crippen LogP contribution in [-0.4, -0.2) is 66.2 Å². The monoisotopic (exact) mass is 302 g/mol. The lowest BCUT2D eigenvalue weighted by molar-refractivity contribution is -0.141. The van der Waals surface area contributed by atoms with Crippen molar-refractivity contribution in [2.75, 3.05) is 26.2 Å². The molecule has 2 saturated heterocycles. The number of carboxylic acids is 1. The molecule has 1 N–H and O–H groups in total. The average Bonchev–Trinajstić information content (AvgIpc) is 3.06. The molecule has 0 radical (unpaired) electrons. The molecule has 3 aliphatic rings. The van der Waals surface area contributed by atoms with E-state index >= 15 is 0 Å². The van der Waals surface area contributed by atoms with Gasteiger partial charge in [0.2, 0.25) is 10.0 Å². The van der Waals surface area contributed by atoms with Gasteiger partial charge in [-0.2, -0.15) is 4.31 Å². The van der Waals surface area contributed by atoms with E-state index in [0.717, 1.165) is 25.9 Å². The molecule has 0 amide bonds. The number of fused-ring (bicyclic) bond motifs is 1. The third-order valence-corrected chi connectivity index (χ3v) is 7.44. The van der Waals surface area contributed by atoms with Gasteiger partial charge in [0.15, 0.2) is 0 Å². The second-order valence-electron chi connectivity index (χ2n) is 6.15. The van der Waals surface area contributed by atoms with E-state index in [4.69, 9.17) is 0 Å². The lowest BCUT2D eigenvalue weighted by Gasteiger charge is -2.38. The Bertz CT molecular complexity index is 493. The molecule has 6 nitrogen and oxygen atoms in total. The first kappa shape index (κ1) is 14.3. The fraction of sp³-hybridized carbons (Fsp3) is 0.923. The summed E-state index contributed by atoms with van der Waals surface area (Å²) in [4.78, 5) is 13.6. The lowest BCUT2D eigenvalue weighted by atomic mass is 10.1. The second kappa shape index (κ2) is 5.27. The maximum Gasteiger partial charge on any atom is 0.307 e. The topological polar surface area (TPSA) is 77.9 Å². The largest absolute Gasteiger partial charge is 0.481 e. The minimum Gasteiger partial charge on any atom is -0.481 e. The number of hydrogen-bond donors (Lipinski definition) is 1. The zero-order valence-corrected chi connectivity index (χ0v) is 12.4. The van der Waals surface area contributed by atoms with E-state index in [1.807, 2.05) is 0 Å². The van der Waals surface area contributed by atoms with Gasteiger partial charge in [0.05, 0.1) is 11.2 Å². The van der Waals surface area contributed by atoms with Gasteiger partial charge >= 0.3 is 5.97 Å². The average molecular weight is 302 g/mol. The van der Waals surface area contributed by atoms with Gasteiger partial charge < -0.3 is 5.11 Å². The van der Waals surface area contributed by atoms with Crippen molar-refractivity contribution in [3.8, 4) is 0 Å². The highest BCUT2D eigenvalue weighted by molar-refractivity contribution is 7.89. The van der Waals surface area contributed by atoms with E-state index < -0.39 is 27.2 Å². The smallest absolute Gasteiger partial charge is 0.307 e. The van der Waals surface area contributed by atoms with Crippen LogP contribution in [0.25, 0.3) is 0 Å². The molecule has 7 heteroatoms. The number of piperazine rings is 1. The SMILES string of the molecule is O=C(O)C1CCCC1S(=O)(=O)N1CCN2CCCC2C1. The third kappa shape index (κ3) is 2.35. The van der Waals surface area contributed by atoms with E-state index in [9.17, 15) is 18.3 Å². The predicted molar refractivity (Wildman–Crippen MR) is 73.9 cm³/mol. The highest BCUT2D eigenvalue weighted by Gasteiger charge is 2.46. The van der Waals surface area contributed by atoms with Crippen LogP contribution >= 0.6 is 0 Å². The fourth-order valence-electron chi connectivity index (χ4n) is 3.95. The van der Waals surface area contributed by atoms with E-state index in [-0.39, 0.29) is 0 Å². The summed E-state index contributed by atoms with van der Waals surface area (Å²) in [5, 5.41) is 8.49. The maximum absolute atomic E-state index is 12.7. The number of sulfonamides is 1. The summed E-state index contributed by atoms with van der Waals surface area (Å²) in [6, 6.07) is 0.336. The molecule has 3 unspecified atom stereocenters. The molecular formula is C13H22N2O4S. The van der Waals surface area contributed by atoms with Crippen molar-refractivity contribution in [1.29, 1.82) is 0 Å². The summed E-state index contributed by atoms with van der Waals surface area (Å²) in [5.74, 6) is -1.68.